The number of H-pyrrole nitrogens is 1. The molecule has 3 aromatic rings. The topological polar surface area (TPSA) is 76.4 Å². The number of hydrogen-bond acceptors (Lipinski definition) is 4. The van der Waals surface area contributed by atoms with Gasteiger partial charge in [-0.1, -0.05) is 27.5 Å². The third-order valence-corrected chi connectivity index (χ3v) is 4.85. The van der Waals surface area contributed by atoms with Gasteiger partial charge >= 0.3 is 5.97 Å². The van der Waals surface area contributed by atoms with E-state index in [-0.39, 0.29) is 22.8 Å². The van der Waals surface area contributed by atoms with E-state index in [1.54, 1.807) is 26.0 Å². The standard InChI is InChI=1S/C20H17BrClN3O3/c1-3-28-20(27)16-10-14(6-9-18(16)22)23-11-17-12(2)24-25(19(17)26)15-7-4-13(21)5-8-15/h4-11,24H,3H2,1-2H3. The van der Waals surface area contributed by atoms with Gasteiger partial charge in [0.1, 0.15) is 0 Å². The number of aromatic amines is 1. The zero-order valence-corrected chi connectivity index (χ0v) is 17.5. The van der Waals surface area contributed by atoms with Crippen LogP contribution in [0.4, 0.5) is 5.69 Å². The Bertz CT molecular complexity index is 1100. The summed E-state index contributed by atoms with van der Waals surface area (Å²) >= 11 is 9.44. The molecule has 6 nitrogen and oxygen atoms in total. The van der Waals surface area contributed by atoms with Gasteiger partial charge in [0, 0.05) is 16.4 Å². The quantitative estimate of drug-likeness (QED) is 0.436. The summed E-state index contributed by atoms with van der Waals surface area (Å²) in [5.41, 5.74) is 2.32. The predicted molar refractivity (Wildman–Crippen MR) is 113 cm³/mol. The molecule has 0 fully saturated rings. The van der Waals surface area contributed by atoms with Crippen LogP contribution in [-0.4, -0.2) is 28.6 Å². The normalized spacial score (nSPS) is 11.1. The summed E-state index contributed by atoms with van der Waals surface area (Å²) in [5, 5.41) is 3.33. The second-order valence-corrected chi connectivity index (χ2v) is 7.23. The first kappa shape index (κ1) is 20.1. The Morgan fingerprint density at radius 2 is 2.00 bits per heavy atom. The van der Waals surface area contributed by atoms with Crippen molar-refractivity contribution in [3.63, 3.8) is 0 Å². The van der Waals surface area contributed by atoms with Crippen molar-refractivity contribution >= 4 is 45.4 Å². The Balaban J connectivity index is 1.93. The van der Waals surface area contributed by atoms with Gasteiger partial charge in [-0.15, -0.1) is 0 Å². The van der Waals surface area contributed by atoms with E-state index in [0.29, 0.717) is 22.6 Å². The molecule has 8 heteroatoms. The van der Waals surface area contributed by atoms with Crippen molar-refractivity contribution in [1.82, 2.24) is 9.78 Å². The maximum atomic E-state index is 12.7. The van der Waals surface area contributed by atoms with E-state index < -0.39 is 5.97 Å². The van der Waals surface area contributed by atoms with Crippen molar-refractivity contribution in [2.75, 3.05) is 6.61 Å². The zero-order valence-electron chi connectivity index (χ0n) is 15.2. The van der Waals surface area contributed by atoms with Crippen LogP contribution in [-0.2, 0) is 4.74 Å². The minimum atomic E-state index is -0.514. The molecule has 0 atom stereocenters. The lowest BCUT2D eigenvalue weighted by atomic mass is 10.2. The highest BCUT2D eigenvalue weighted by molar-refractivity contribution is 9.10. The summed E-state index contributed by atoms with van der Waals surface area (Å²) in [7, 11) is 0. The van der Waals surface area contributed by atoms with E-state index in [2.05, 4.69) is 26.0 Å². The number of benzene rings is 2. The largest absolute Gasteiger partial charge is 0.462 e. The van der Waals surface area contributed by atoms with E-state index >= 15 is 0 Å². The molecule has 3 rings (SSSR count). The number of carbonyl (C=O) groups is 1. The maximum absolute atomic E-state index is 12.7. The summed E-state index contributed by atoms with van der Waals surface area (Å²) in [4.78, 5) is 29.0. The molecule has 144 valence electrons. The Kier molecular flexibility index (Phi) is 6.16. The van der Waals surface area contributed by atoms with Crippen molar-refractivity contribution in [2.45, 2.75) is 13.8 Å². The van der Waals surface area contributed by atoms with Crippen LogP contribution in [0.3, 0.4) is 0 Å². The molecule has 2 aromatic carbocycles. The highest BCUT2D eigenvalue weighted by Gasteiger charge is 2.13. The molecular weight excluding hydrogens is 446 g/mol. The zero-order chi connectivity index (χ0) is 20.3. The minimum Gasteiger partial charge on any atom is -0.462 e. The van der Waals surface area contributed by atoms with E-state index in [1.807, 2.05) is 24.3 Å². The van der Waals surface area contributed by atoms with Crippen molar-refractivity contribution in [3.8, 4) is 5.69 Å². The molecule has 0 spiro atoms. The molecule has 0 unspecified atom stereocenters. The number of carbonyl (C=O) groups excluding carboxylic acids is 1. The first-order chi connectivity index (χ1) is 13.4. The van der Waals surface area contributed by atoms with Crippen molar-refractivity contribution in [2.24, 2.45) is 4.99 Å². The van der Waals surface area contributed by atoms with E-state index in [9.17, 15) is 9.59 Å². The molecule has 0 radical (unpaired) electrons. The fraction of sp³-hybridized carbons (Fsp3) is 0.150. The van der Waals surface area contributed by atoms with E-state index in [1.165, 1.54) is 17.0 Å². The minimum absolute atomic E-state index is 0.219. The van der Waals surface area contributed by atoms with Gasteiger partial charge < -0.3 is 4.74 Å². The summed E-state index contributed by atoms with van der Waals surface area (Å²) in [6, 6.07) is 12.1. The lowest BCUT2D eigenvalue weighted by molar-refractivity contribution is 0.0526. The number of halogens is 2. The lowest BCUT2D eigenvalue weighted by Gasteiger charge is -2.04. The highest BCUT2D eigenvalue weighted by atomic mass is 79.9. The molecule has 1 heterocycles. The molecule has 28 heavy (non-hydrogen) atoms. The number of aliphatic imine (C=N–C) groups is 1. The number of ether oxygens (including phenoxy) is 1. The lowest BCUT2D eigenvalue weighted by Crippen LogP contribution is -2.17. The van der Waals surface area contributed by atoms with Crippen molar-refractivity contribution in [3.05, 3.63) is 79.1 Å². The fourth-order valence-electron chi connectivity index (χ4n) is 2.58. The maximum Gasteiger partial charge on any atom is 0.339 e. The number of aryl methyl sites for hydroxylation is 1. The Morgan fingerprint density at radius 3 is 2.68 bits per heavy atom. The van der Waals surface area contributed by atoms with Gasteiger partial charge in [0.05, 0.1) is 34.1 Å². The van der Waals surface area contributed by atoms with Crippen LogP contribution in [0, 0.1) is 6.92 Å². The Labute approximate surface area is 174 Å². The monoisotopic (exact) mass is 461 g/mol. The van der Waals surface area contributed by atoms with Gasteiger partial charge in [0.25, 0.3) is 5.56 Å². The second-order valence-electron chi connectivity index (χ2n) is 5.91. The van der Waals surface area contributed by atoms with Gasteiger partial charge in [-0.05, 0) is 56.3 Å². The van der Waals surface area contributed by atoms with Crippen LogP contribution in [0.2, 0.25) is 5.02 Å². The number of hydrogen-bond donors (Lipinski definition) is 1. The smallest absolute Gasteiger partial charge is 0.339 e. The number of rotatable bonds is 5. The first-order valence-corrected chi connectivity index (χ1v) is 9.66. The SMILES string of the molecule is CCOC(=O)c1cc(N=Cc2c(C)[nH]n(-c3ccc(Br)cc3)c2=O)ccc1Cl. The molecular formula is C20H17BrClN3O3. The third kappa shape index (κ3) is 4.26. The van der Waals surface area contributed by atoms with Gasteiger partial charge in [-0.3, -0.25) is 14.9 Å². The van der Waals surface area contributed by atoms with Crippen LogP contribution < -0.4 is 5.56 Å². The van der Waals surface area contributed by atoms with Gasteiger partial charge in [0.2, 0.25) is 0 Å². The predicted octanol–water partition coefficient (Wildman–Crippen LogP) is 4.82. The van der Waals surface area contributed by atoms with Crippen LogP contribution in [0.15, 0.2) is 56.7 Å². The third-order valence-electron chi connectivity index (χ3n) is 3.99. The molecule has 0 saturated heterocycles. The average Bonchev–Trinajstić information content (AvgIpc) is 2.96. The number of aromatic nitrogens is 2. The summed E-state index contributed by atoms with van der Waals surface area (Å²) < 4.78 is 7.37. The van der Waals surface area contributed by atoms with Crippen molar-refractivity contribution < 1.29 is 9.53 Å². The highest BCUT2D eigenvalue weighted by Crippen LogP contribution is 2.23. The Morgan fingerprint density at radius 1 is 1.29 bits per heavy atom. The average molecular weight is 463 g/mol. The van der Waals surface area contributed by atoms with Crippen molar-refractivity contribution in [1.29, 1.82) is 0 Å². The first-order valence-electron chi connectivity index (χ1n) is 8.49. The number of nitrogens with one attached hydrogen (secondary N) is 1. The van der Waals surface area contributed by atoms with Crippen LogP contribution in [0.25, 0.3) is 5.69 Å². The molecule has 0 saturated carbocycles. The van der Waals surface area contributed by atoms with Crippen LogP contribution in [0.1, 0.15) is 28.5 Å². The molecule has 0 aliphatic heterocycles. The van der Waals surface area contributed by atoms with Gasteiger partial charge in [-0.25, -0.2) is 9.48 Å². The number of nitrogens with zero attached hydrogens (tertiary/aromatic N) is 2. The molecule has 1 aromatic heterocycles. The summed E-state index contributed by atoms with van der Waals surface area (Å²) in [6.45, 7) is 3.77. The Hall–Kier alpha value is -2.64. The molecule has 0 bridgehead atoms. The summed E-state index contributed by atoms with van der Waals surface area (Å²) in [6.07, 6.45) is 1.47. The summed E-state index contributed by atoms with van der Waals surface area (Å²) in [5.74, 6) is -0.514. The second kappa shape index (κ2) is 8.58. The van der Waals surface area contributed by atoms with Gasteiger partial charge in [-0.2, -0.15) is 0 Å². The van der Waals surface area contributed by atoms with Gasteiger partial charge in [0.15, 0.2) is 0 Å². The van der Waals surface area contributed by atoms with Crippen LogP contribution >= 0.6 is 27.5 Å². The van der Waals surface area contributed by atoms with Crippen LogP contribution in [0.5, 0.6) is 0 Å². The fourth-order valence-corrected chi connectivity index (χ4v) is 3.04. The molecule has 0 amide bonds. The molecule has 0 aliphatic carbocycles. The molecule has 1 N–H and O–H groups in total. The van der Waals surface area contributed by atoms with E-state index in [0.717, 1.165) is 4.47 Å². The molecule has 0 aliphatic rings. The van der Waals surface area contributed by atoms with E-state index in [4.69, 9.17) is 16.3 Å². The number of esters is 1.